The number of guanidine groups is 1. The number of aromatic nitrogens is 2. The first kappa shape index (κ1) is 16.5. The maximum atomic E-state index is 4.77. The van der Waals surface area contributed by atoms with Crippen LogP contribution in [-0.4, -0.2) is 53.9 Å². The van der Waals surface area contributed by atoms with Crippen molar-refractivity contribution in [3.05, 3.63) is 30.1 Å². The summed E-state index contributed by atoms with van der Waals surface area (Å²) in [5, 5.41) is 11.1. The van der Waals surface area contributed by atoms with Crippen LogP contribution >= 0.6 is 0 Å². The highest BCUT2D eigenvalue weighted by Crippen LogP contribution is 2.17. The molecule has 2 rings (SSSR count). The fraction of sp³-hybridized carbons (Fsp3) is 0.625. The van der Waals surface area contributed by atoms with Gasteiger partial charge in [-0.05, 0) is 33.9 Å². The van der Waals surface area contributed by atoms with Crippen LogP contribution in [0, 0.1) is 0 Å². The Morgan fingerprint density at radius 1 is 1.45 bits per heavy atom. The Hall–Kier alpha value is -1.82. The van der Waals surface area contributed by atoms with Crippen molar-refractivity contribution in [3.8, 4) is 0 Å². The molecule has 0 saturated carbocycles. The number of aryl methyl sites for hydroxylation is 1. The standard InChI is InChI=1S/C16H28N6/c1-5-17-16(20-14-8-6-7-9-14)18-11-15(21(2)3)13-10-19-22(4)12-13/h6-7,10,12,14-15H,5,8-9,11H2,1-4H3,(H2,17,18,20). The predicted octanol–water partition coefficient (Wildman–Crippen LogP) is 1.30. The average Bonchev–Trinajstić information content (AvgIpc) is 3.11. The minimum Gasteiger partial charge on any atom is -0.357 e. The Kier molecular flexibility index (Phi) is 6.00. The van der Waals surface area contributed by atoms with Crippen molar-refractivity contribution >= 4 is 5.96 Å². The molecule has 0 aliphatic heterocycles. The molecule has 1 atom stereocenters. The Morgan fingerprint density at radius 2 is 2.18 bits per heavy atom. The summed E-state index contributed by atoms with van der Waals surface area (Å²) in [6, 6.07) is 0.694. The first-order valence-corrected chi connectivity index (χ1v) is 7.95. The van der Waals surface area contributed by atoms with Gasteiger partial charge >= 0.3 is 0 Å². The molecular weight excluding hydrogens is 276 g/mol. The number of rotatable bonds is 6. The van der Waals surface area contributed by atoms with E-state index in [9.17, 15) is 0 Å². The summed E-state index contributed by atoms with van der Waals surface area (Å²) in [5.41, 5.74) is 1.19. The van der Waals surface area contributed by atoms with Crippen LogP contribution in [0.2, 0.25) is 0 Å². The van der Waals surface area contributed by atoms with E-state index in [1.165, 1.54) is 5.56 Å². The zero-order valence-corrected chi connectivity index (χ0v) is 14.1. The first-order chi connectivity index (χ1) is 10.6. The summed E-state index contributed by atoms with van der Waals surface area (Å²) in [6.45, 7) is 3.66. The molecule has 2 N–H and O–H groups in total. The highest BCUT2D eigenvalue weighted by molar-refractivity contribution is 5.80. The van der Waals surface area contributed by atoms with Gasteiger partial charge in [-0.25, -0.2) is 0 Å². The second-order valence-electron chi connectivity index (χ2n) is 5.93. The van der Waals surface area contributed by atoms with Gasteiger partial charge < -0.3 is 15.5 Å². The lowest BCUT2D eigenvalue weighted by Gasteiger charge is -2.23. The van der Waals surface area contributed by atoms with Crippen molar-refractivity contribution in [2.45, 2.75) is 31.8 Å². The number of nitrogens with zero attached hydrogens (tertiary/aromatic N) is 4. The van der Waals surface area contributed by atoms with E-state index in [2.05, 4.69) is 60.0 Å². The van der Waals surface area contributed by atoms with Crippen molar-refractivity contribution in [2.75, 3.05) is 27.2 Å². The van der Waals surface area contributed by atoms with Gasteiger partial charge in [-0.2, -0.15) is 5.10 Å². The van der Waals surface area contributed by atoms with Gasteiger partial charge in [0.05, 0.1) is 18.8 Å². The lowest BCUT2D eigenvalue weighted by atomic mass is 10.1. The topological polar surface area (TPSA) is 57.5 Å². The number of likely N-dealkylation sites (N-methyl/N-ethyl adjacent to an activating group) is 1. The average molecular weight is 304 g/mol. The third-order valence-electron chi connectivity index (χ3n) is 3.85. The van der Waals surface area contributed by atoms with Gasteiger partial charge in [-0.15, -0.1) is 0 Å². The molecule has 1 unspecified atom stereocenters. The molecule has 6 heteroatoms. The summed E-state index contributed by atoms with van der Waals surface area (Å²) in [5.74, 6) is 0.895. The molecular formula is C16H28N6. The fourth-order valence-electron chi connectivity index (χ4n) is 2.61. The number of nitrogens with one attached hydrogen (secondary N) is 2. The van der Waals surface area contributed by atoms with E-state index in [0.29, 0.717) is 12.6 Å². The van der Waals surface area contributed by atoms with Gasteiger partial charge in [-0.3, -0.25) is 9.67 Å². The normalized spacial score (nSPS) is 17.2. The van der Waals surface area contributed by atoms with Crippen molar-refractivity contribution in [1.29, 1.82) is 0 Å². The van der Waals surface area contributed by atoms with Gasteiger partial charge in [0.2, 0.25) is 0 Å². The molecule has 0 saturated heterocycles. The Balaban J connectivity index is 2.02. The fourth-order valence-corrected chi connectivity index (χ4v) is 2.61. The molecule has 1 aromatic heterocycles. The summed E-state index contributed by atoms with van der Waals surface area (Å²) in [4.78, 5) is 6.95. The van der Waals surface area contributed by atoms with Crippen LogP contribution in [0.1, 0.15) is 31.4 Å². The third kappa shape index (κ3) is 4.59. The molecule has 0 aromatic carbocycles. The van der Waals surface area contributed by atoms with Gasteiger partial charge in [0.25, 0.3) is 0 Å². The molecule has 0 spiro atoms. The second-order valence-corrected chi connectivity index (χ2v) is 5.93. The van der Waals surface area contributed by atoms with Gasteiger partial charge in [0.15, 0.2) is 5.96 Å². The largest absolute Gasteiger partial charge is 0.357 e. The second kappa shape index (κ2) is 7.98. The van der Waals surface area contributed by atoms with E-state index in [-0.39, 0.29) is 6.04 Å². The van der Waals surface area contributed by atoms with Crippen LogP contribution in [0.25, 0.3) is 0 Å². The quantitative estimate of drug-likeness (QED) is 0.472. The Labute approximate surface area is 133 Å². The summed E-state index contributed by atoms with van der Waals surface area (Å²) in [6.07, 6.45) is 10.6. The van der Waals surface area contributed by atoms with Crippen LogP contribution in [0.3, 0.4) is 0 Å². The maximum Gasteiger partial charge on any atom is 0.191 e. The predicted molar refractivity (Wildman–Crippen MR) is 90.9 cm³/mol. The van der Waals surface area contributed by atoms with E-state index in [1.807, 2.05) is 17.9 Å². The van der Waals surface area contributed by atoms with Crippen LogP contribution in [0.4, 0.5) is 0 Å². The summed E-state index contributed by atoms with van der Waals surface area (Å²) >= 11 is 0. The summed E-state index contributed by atoms with van der Waals surface area (Å²) in [7, 11) is 6.10. The van der Waals surface area contributed by atoms with Crippen LogP contribution in [0.5, 0.6) is 0 Å². The number of hydrogen-bond acceptors (Lipinski definition) is 3. The molecule has 0 amide bonds. The van der Waals surface area contributed by atoms with Gasteiger partial charge in [0.1, 0.15) is 0 Å². The number of aliphatic imine (C=N–C) groups is 1. The van der Waals surface area contributed by atoms with Crippen LogP contribution in [-0.2, 0) is 7.05 Å². The van der Waals surface area contributed by atoms with Gasteiger partial charge in [-0.1, -0.05) is 12.2 Å². The highest BCUT2D eigenvalue weighted by Gasteiger charge is 2.17. The maximum absolute atomic E-state index is 4.77. The molecule has 6 nitrogen and oxygen atoms in total. The van der Waals surface area contributed by atoms with E-state index in [4.69, 9.17) is 4.99 Å². The smallest absolute Gasteiger partial charge is 0.191 e. The summed E-state index contributed by atoms with van der Waals surface area (Å²) < 4.78 is 1.84. The van der Waals surface area contributed by atoms with Crippen molar-refractivity contribution < 1.29 is 0 Å². The number of hydrogen-bond donors (Lipinski definition) is 2. The zero-order valence-electron chi connectivity index (χ0n) is 14.1. The minimum atomic E-state index is 0.228. The molecule has 0 bridgehead atoms. The molecule has 1 aliphatic carbocycles. The van der Waals surface area contributed by atoms with E-state index in [0.717, 1.165) is 25.3 Å². The minimum absolute atomic E-state index is 0.228. The first-order valence-electron chi connectivity index (χ1n) is 7.95. The van der Waals surface area contributed by atoms with Crippen molar-refractivity contribution in [1.82, 2.24) is 25.3 Å². The molecule has 1 aromatic rings. The molecule has 0 radical (unpaired) electrons. The third-order valence-corrected chi connectivity index (χ3v) is 3.85. The van der Waals surface area contributed by atoms with E-state index in [1.54, 1.807) is 0 Å². The molecule has 1 aliphatic rings. The monoisotopic (exact) mass is 304 g/mol. The zero-order chi connectivity index (χ0) is 15.9. The van der Waals surface area contributed by atoms with Crippen molar-refractivity contribution in [2.24, 2.45) is 12.0 Å². The van der Waals surface area contributed by atoms with E-state index < -0.39 is 0 Å². The molecule has 22 heavy (non-hydrogen) atoms. The Bertz CT molecular complexity index is 508. The molecule has 0 fully saturated rings. The van der Waals surface area contributed by atoms with Crippen LogP contribution < -0.4 is 10.6 Å². The SMILES string of the molecule is CCNC(=NCC(c1cnn(C)c1)N(C)C)NC1CC=CC1. The lowest BCUT2D eigenvalue weighted by Crippen LogP contribution is -2.43. The van der Waals surface area contributed by atoms with Crippen LogP contribution in [0.15, 0.2) is 29.5 Å². The van der Waals surface area contributed by atoms with Crippen molar-refractivity contribution in [3.63, 3.8) is 0 Å². The Morgan fingerprint density at radius 3 is 2.73 bits per heavy atom. The molecule has 122 valence electrons. The van der Waals surface area contributed by atoms with E-state index >= 15 is 0 Å². The molecule has 1 heterocycles. The van der Waals surface area contributed by atoms with Gasteiger partial charge in [0, 0.05) is 31.4 Å². The highest BCUT2D eigenvalue weighted by atomic mass is 15.3. The lowest BCUT2D eigenvalue weighted by molar-refractivity contribution is 0.306.